The Morgan fingerprint density at radius 2 is 2.17 bits per heavy atom. The molecule has 2 heterocycles. The molecule has 0 saturated carbocycles. The van der Waals surface area contributed by atoms with Gasteiger partial charge in [0.25, 0.3) is 0 Å². The molecule has 0 aliphatic heterocycles. The van der Waals surface area contributed by atoms with Crippen LogP contribution in [0.3, 0.4) is 0 Å². The highest BCUT2D eigenvalue weighted by molar-refractivity contribution is 7.99. The maximum atomic E-state index is 4.37. The molecular weight excluding hydrogens is 246 g/mol. The second-order valence-electron chi connectivity index (χ2n) is 4.12. The normalized spacial score (nSPS) is 10.9. The van der Waals surface area contributed by atoms with Crippen molar-refractivity contribution >= 4 is 17.6 Å². The number of H-pyrrole nitrogens is 1. The number of hydrogen-bond acceptors (Lipinski definition) is 5. The Morgan fingerprint density at radius 1 is 1.33 bits per heavy atom. The summed E-state index contributed by atoms with van der Waals surface area (Å²) in [6, 6.07) is 0. The molecule has 0 aliphatic rings. The van der Waals surface area contributed by atoms with E-state index in [2.05, 4.69) is 46.0 Å². The minimum atomic E-state index is 0.359. The van der Waals surface area contributed by atoms with E-state index < -0.39 is 0 Å². The lowest BCUT2D eigenvalue weighted by Crippen LogP contribution is -2.07. The van der Waals surface area contributed by atoms with Crippen LogP contribution in [-0.4, -0.2) is 26.5 Å². The maximum absolute atomic E-state index is 4.37. The van der Waals surface area contributed by atoms with E-state index in [1.54, 1.807) is 12.5 Å². The van der Waals surface area contributed by atoms with Crippen molar-refractivity contribution in [3.05, 3.63) is 24.3 Å². The number of aromatic amines is 1. The summed E-state index contributed by atoms with van der Waals surface area (Å²) in [5, 5.41) is 5.08. The second-order valence-corrected chi connectivity index (χ2v) is 5.10. The lowest BCUT2D eigenvalue weighted by molar-refractivity contribution is 0.802. The van der Waals surface area contributed by atoms with Gasteiger partial charge < -0.3 is 10.3 Å². The monoisotopic (exact) mass is 263 g/mol. The van der Waals surface area contributed by atoms with E-state index in [0.717, 1.165) is 28.1 Å². The number of anilines is 1. The van der Waals surface area contributed by atoms with Gasteiger partial charge in [-0.05, 0) is 24.6 Å². The molecule has 18 heavy (non-hydrogen) atoms. The number of imidazole rings is 1. The SMILES string of the molecule is CCNc1ncnc(Sc2ncc[nH]2)c1C(C)C. The molecule has 96 valence electrons. The van der Waals surface area contributed by atoms with Crippen LogP contribution in [0.5, 0.6) is 0 Å². The quantitative estimate of drug-likeness (QED) is 0.812. The van der Waals surface area contributed by atoms with Gasteiger partial charge in [0.2, 0.25) is 0 Å². The van der Waals surface area contributed by atoms with Gasteiger partial charge in [0, 0.05) is 24.5 Å². The van der Waals surface area contributed by atoms with E-state index in [1.807, 2.05) is 6.20 Å². The lowest BCUT2D eigenvalue weighted by atomic mass is 10.1. The third-order valence-electron chi connectivity index (χ3n) is 2.44. The van der Waals surface area contributed by atoms with E-state index >= 15 is 0 Å². The van der Waals surface area contributed by atoms with Gasteiger partial charge in [-0.25, -0.2) is 15.0 Å². The molecule has 0 spiro atoms. The van der Waals surface area contributed by atoms with Crippen molar-refractivity contribution in [2.75, 3.05) is 11.9 Å². The van der Waals surface area contributed by atoms with Gasteiger partial charge >= 0.3 is 0 Å². The number of nitrogens with zero attached hydrogens (tertiary/aromatic N) is 3. The lowest BCUT2D eigenvalue weighted by Gasteiger charge is -2.15. The van der Waals surface area contributed by atoms with Crippen LogP contribution in [0.1, 0.15) is 32.3 Å². The molecule has 6 heteroatoms. The minimum absolute atomic E-state index is 0.359. The van der Waals surface area contributed by atoms with Crippen molar-refractivity contribution in [2.45, 2.75) is 36.9 Å². The highest BCUT2D eigenvalue weighted by atomic mass is 32.2. The van der Waals surface area contributed by atoms with Crippen molar-refractivity contribution < 1.29 is 0 Å². The van der Waals surface area contributed by atoms with Crippen LogP contribution in [0.2, 0.25) is 0 Å². The van der Waals surface area contributed by atoms with Crippen molar-refractivity contribution in [1.29, 1.82) is 0 Å². The smallest absolute Gasteiger partial charge is 0.171 e. The third-order valence-corrected chi connectivity index (χ3v) is 3.37. The summed E-state index contributed by atoms with van der Waals surface area (Å²) in [6.07, 6.45) is 5.14. The molecule has 0 bridgehead atoms. The van der Waals surface area contributed by atoms with Gasteiger partial charge in [-0.1, -0.05) is 13.8 Å². The van der Waals surface area contributed by atoms with E-state index in [4.69, 9.17) is 0 Å². The molecule has 0 saturated heterocycles. The van der Waals surface area contributed by atoms with Crippen molar-refractivity contribution in [1.82, 2.24) is 19.9 Å². The Morgan fingerprint density at radius 3 is 2.78 bits per heavy atom. The Bertz CT molecular complexity index is 495. The average Bonchev–Trinajstić information content (AvgIpc) is 2.82. The third kappa shape index (κ3) is 2.81. The maximum Gasteiger partial charge on any atom is 0.171 e. The minimum Gasteiger partial charge on any atom is -0.370 e. The van der Waals surface area contributed by atoms with Gasteiger partial charge in [0.05, 0.1) is 0 Å². The molecule has 2 aromatic heterocycles. The van der Waals surface area contributed by atoms with Crippen LogP contribution >= 0.6 is 11.8 Å². The summed E-state index contributed by atoms with van der Waals surface area (Å²) < 4.78 is 0. The molecule has 0 unspecified atom stereocenters. The van der Waals surface area contributed by atoms with Crippen LogP contribution in [-0.2, 0) is 0 Å². The van der Waals surface area contributed by atoms with Crippen molar-refractivity contribution in [3.8, 4) is 0 Å². The predicted octanol–water partition coefficient (Wildman–Crippen LogP) is 2.91. The van der Waals surface area contributed by atoms with Crippen LogP contribution in [0, 0.1) is 0 Å². The topological polar surface area (TPSA) is 66.5 Å². The molecule has 0 aromatic carbocycles. The zero-order valence-electron chi connectivity index (χ0n) is 10.8. The fourth-order valence-electron chi connectivity index (χ4n) is 1.69. The zero-order valence-corrected chi connectivity index (χ0v) is 11.6. The zero-order chi connectivity index (χ0) is 13.0. The molecule has 5 nitrogen and oxygen atoms in total. The molecule has 2 aromatic rings. The first-order valence-corrected chi connectivity index (χ1v) is 6.80. The number of nitrogens with one attached hydrogen (secondary N) is 2. The van der Waals surface area contributed by atoms with Gasteiger partial charge in [-0.15, -0.1) is 0 Å². The summed E-state index contributed by atoms with van der Waals surface area (Å²) >= 11 is 1.53. The summed E-state index contributed by atoms with van der Waals surface area (Å²) in [7, 11) is 0. The Hall–Kier alpha value is -1.56. The van der Waals surface area contributed by atoms with Crippen molar-refractivity contribution in [2.24, 2.45) is 0 Å². The van der Waals surface area contributed by atoms with Crippen LogP contribution in [0.25, 0.3) is 0 Å². The first-order valence-electron chi connectivity index (χ1n) is 5.98. The van der Waals surface area contributed by atoms with E-state index in [-0.39, 0.29) is 0 Å². The summed E-state index contributed by atoms with van der Waals surface area (Å²) in [6.45, 7) is 7.20. The van der Waals surface area contributed by atoms with E-state index in [0.29, 0.717) is 5.92 Å². The fraction of sp³-hybridized carbons (Fsp3) is 0.417. The van der Waals surface area contributed by atoms with Crippen LogP contribution in [0.15, 0.2) is 28.9 Å². The molecule has 0 atom stereocenters. The van der Waals surface area contributed by atoms with E-state index in [9.17, 15) is 0 Å². The molecule has 0 fully saturated rings. The first kappa shape index (κ1) is 12.9. The molecule has 2 rings (SSSR count). The van der Waals surface area contributed by atoms with Crippen LogP contribution in [0.4, 0.5) is 5.82 Å². The fourth-order valence-corrected chi connectivity index (χ4v) is 2.65. The Kier molecular flexibility index (Phi) is 4.19. The Labute approximate surface area is 111 Å². The van der Waals surface area contributed by atoms with Crippen molar-refractivity contribution in [3.63, 3.8) is 0 Å². The summed E-state index contributed by atoms with van der Waals surface area (Å²) in [4.78, 5) is 16.0. The van der Waals surface area contributed by atoms with Crippen LogP contribution < -0.4 is 5.32 Å². The molecule has 0 amide bonds. The van der Waals surface area contributed by atoms with E-state index in [1.165, 1.54) is 11.8 Å². The van der Waals surface area contributed by atoms with Gasteiger partial charge in [0.1, 0.15) is 17.2 Å². The molecule has 0 radical (unpaired) electrons. The van der Waals surface area contributed by atoms with Gasteiger partial charge in [-0.3, -0.25) is 0 Å². The highest BCUT2D eigenvalue weighted by Crippen LogP contribution is 2.33. The number of hydrogen-bond donors (Lipinski definition) is 2. The largest absolute Gasteiger partial charge is 0.370 e. The first-order chi connectivity index (χ1) is 8.72. The average molecular weight is 263 g/mol. The van der Waals surface area contributed by atoms with Gasteiger partial charge in [0.15, 0.2) is 5.16 Å². The summed E-state index contributed by atoms with van der Waals surface area (Å²) in [5.41, 5.74) is 1.14. The number of rotatable bonds is 5. The summed E-state index contributed by atoms with van der Waals surface area (Å²) in [5.74, 6) is 1.27. The number of aromatic nitrogens is 4. The Balaban J connectivity index is 2.36. The molecular formula is C12H17N5S. The van der Waals surface area contributed by atoms with Gasteiger partial charge in [-0.2, -0.15) is 0 Å². The predicted molar refractivity (Wildman–Crippen MR) is 73.0 cm³/mol. The second kappa shape index (κ2) is 5.86. The highest BCUT2D eigenvalue weighted by Gasteiger charge is 2.16. The molecule has 2 N–H and O–H groups in total. The molecule has 0 aliphatic carbocycles. The standard InChI is InChI=1S/C12H17N5S/c1-4-13-10-9(8(2)3)11(17-7-16-10)18-12-14-5-6-15-12/h5-8H,4H2,1-3H3,(H,14,15)(H,13,16,17).